The lowest BCUT2D eigenvalue weighted by molar-refractivity contribution is -0.384. The smallest absolute Gasteiger partial charge is 0.269 e. The molecule has 0 aromatic heterocycles. The molecule has 0 unspecified atom stereocenters. The van der Waals surface area contributed by atoms with Gasteiger partial charge in [0.05, 0.1) is 14.8 Å². The summed E-state index contributed by atoms with van der Waals surface area (Å²) in [5.74, 6) is -1.52. The number of Topliss-reactive ketones (excluding diaryl/α,β-unsaturated/α-hetero) is 2. The molecule has 0 N–H and O–H groups in total. The van der Waals surface area contributed by atoms with Crippen LogP contribution < -0.4 is 0 Å². The fourth-order valence-electron chi connectivity index (χ4n) is 3.15. The van der Waals surface area contributed by atoms with Gasteiger partial charge in [-0.2, -0.15) is 0 Å². The summed E-state index contributed by atoms with van der Waals surface area (Å²) in [6.07, 6.45) is -0.675. The molecule has 10 heteroatoms. The minimum atomic E-state index is -4.29. The van der Waals surface area contributed by atoms with E-state index >= 15 is 0 Å². The Kier molecular flexibility index (Phi) is 7.31. The molecular weight excluding hydrogens is 489 g/mol. The van der Waals surface area contributed by atoms with Gasteiger partial charge < -0.3 is 0 Å². The normalized spacial score (nSPS) is 12.2. The van der Waals surface area contributed by atoms with E-state index in [2.05, 4.69) is 0 Å². The average molecular weight is 506 g/mol. The molecule has 0 radical (unpaired) electrons. The van der Waals surface area contributed by atoms with Gasteiger partial charge in [-0.1, -0.05) is 40.9 Å². The van der Waals surface area contributed by atoms with Crippen LogP contribution >= 0.6 is 23.2 Å². The van der Waals surface area contributed by atoms with E-state index in [1.54, 1.807) is 19.1 Å². The van der Waals surface area contributed by atoms with E-state index in [4.69, 9.17) is 23.2 Å². The largest absolute Gasteiger partial charge is 0.294 e. The van der Waals surface area contributed by atoms with Gasteiger partial charge >= 0.3 is 0 Å². The third-order valence-corrected chi connectivity index (χ3v) is 7.59. The number of non-ortho nitro benzene ring substituents is 1. The number of nitro benzene ring substituents is 1. The van der Waals surface area contributed by atoms with Crippen LogP contribution in [0.4, 0.5) is 5.69 Å². The summed E-state index contributed by atoms with van der Waals surface area (Å²) < 4.78 is 26.8. The summed E-state index contributed by atoms with van der Waals surface area (Å²) >= 11 is 12.0. The van der Waals surface area contributed by atoms with Crippen LogP contribution in [-0.4, -0.2) is 30.2 Å². The molecule has 7 nitrogen and oxygen atoms in total. The fourth-order valence-corrected chi connectivity index (χ4v) is 5.28. The first kappa shape index (κ1) is 24.6. The maximum Gasteiger partial charge on any atom is 0.269 e. The number of hydrogen-bond acceptors (Lipinski definition) is 6. The third-order valence-electron chi connectivity index (χ3n) is 4.98. The highest BCUT2D eigenvalue weighted by molar-refractivity contribution is 7.92. The highest BCUT2D eigenvalue weighted by atomic mass is 35.5. The Balaban J connectivity index is 2.04. The number of sulfone groups is 1. The van der Waals surface area contributed by atoms with Crippen molar-refractivity contribution in [2.75, 3.05) is 0 Å². The van der Waals surface area contributed by atoms with Crippen LogP contribution in [0.2, 0.25) is 10.0 Å². The van der Waals surface area contributed by atoms with Gasteiger partial charge in [-0.25, -0.2) is 8.42 Å². The Bertz CT molecular complexity index is 1340. The van der Waals surface area contributed by atoms with Crippen LogP contribution in [0.15, 0.2) is 71.6 Å². The Morgan fingerprint density at radius 2 is 1.58 bits per heavy atom. The van der Waals surface area contributed by atoms with Gasteiger partial charge in [-0.3, -0.25) is 19.7 Å². The number of benzene rings is 3. The van der Waals surface area contributed by atoms with Gasteiger partial charge in [-0.05, 0) is 49.4 Å². The van der Waals surface area contributed by atoms with Crippen molar-refractivity contribution in [1.82, 2.24) is 0 Å². The topological polar surface area (TPSA) is 111 Å². The number of carbonyl (C=O) groups is 2. The molecule has 0 saturated carbocycles. The number of halogens is 2. The molecule has 0 amide bonds. The number of ketones is 2. The van der Waals surface area contributed by atoms with Gasteiger partial charge in [0.1, 0.15) is 5.25 Å². The zero-order valence-electron chi connectivity index (χ0n) is 17.2. The van der Waals surface area contributed by atoms with Crippen LogP contribution in [0.25, 0.3) is 0 Å². The molecule has 3 aromatic carbocycles. The lowest BCUT2D eigenvalue weighted by Crippen LogP contribution is -2.33. The molecule has 0 aliphatic carbocycles. The van der Waals surface area contributed by atoms with E-state index in [0.717, 1.165) is 17.7 Å². The monoisotopic (exact) mass is 505 g/mol. The minimum absolute atomic E-state index is 0.0414. The first-order valence-electron chi connectivity index (χ1n) is 9.58. The van der Waals surface area contributed by atoms with E-state index in [1.165, 1.54) is 42.5 Å². The molecule has 0 saturated heterocycles. The summed E-state index contributed by atoms with van der Waals surface area (Å²) in [4.78, 5) is 36.3. The highest BCUT2D eigenvalue weighted by Crippen LogP contribution is 2.28. The van der Waals surface area contributed by atoms with Gasteiger partial charge in [0.25, 0.3) is 5.69 Å². The molecule has 1 atom stereocenters. The molecule has 3 aromatic rings. The average Bonchev–Trinajstić information content (AvgIpc) is 2.77. The fraction of sp³-hybridized carbons (Fsp3) is 0.130. The first-order valence-corrected chi connectivity index (χ1v) is 11.9. The molecule has 0 fully saturated rings. The van der Waals surface area contributed by atoms with Gasteiger partial charge in [0.2, 0.25) is 0 Å². The molecule has 3 rings (SSSR count). The highest BCUT2D eigenvalue weighted by Gasteiger charge is 2.37. The number of aryl methyl sites for hydroxylation is 1. The Morgan fingerprint density at radius 3 is 2.12 bits per heavy atom. The number of nitro groups is 1. The number of carbonyl (C=O) groups excluding carboxylic acids is 2. The predicted octanol–water partition coefficient (Wildman–Crippen LogP) is 5.51. The second-order valence-electron chi connectivity index (χ2n) is 7.27. The molecular formula is C23H17Cl2NO6S. The van der Waals surface area contributed by atoms with Crippen LogP contribution in [0, 0.1) is 17.0 Å². The second kappa shape index (κ2) is 9.82. The van der Waals surface area contributed by atoms with Crippen molar-refractivity contribution >= 4 is 50.3 Å². The zero-order valence-corrected chi connectivity index (χ0v) is 19.5. The van der Waals surface area contributed by atoms with Crippen LogP contribution in [0.5, 0.6) is 0 Å². The molecule has 33 heavy (non-hydrogen) atoms. The first-order chi connectivity index (χ1) is 15.5. The summed E-state index contributed by atoms with van der Waals surface area (Å²) in [5, 5.41) is 9.30. The van der Waals surface area contributed by atoms with Crippen LogP contribution in [0.3, 0.4) is 0 Å². The SMILES string of the molecule is Cc1ccc(S(=O)(=O)[C@@H](CC(=O)c2ccc([N+](=O)[O-])cc2)C(=O)c2ccc(Cl)cc2Cl)cc1. The lowest BCUT2D eigenvalue weighted by Gasteiger charge is -2.17. The number of nitrogens with zero attached hydrogens (tertiary/aromatic N) is 1. The molecule has 0 heterocycles. The summed E-state index contributed by atoms with van der Waals surface area (Å²) in [6, 6.07) is 14.6. The van der Waals surface area contributed by atoms with Crippen molar-refractivity contribution in [1.29, 1.82) is 0 Å². The second-order valence-corrected chi connectivity index (χ2v) is 10.2. The van der Waals surface area contributed by atoms with Crippen molar-refractivity contribution in [2.45, 2.75) is 23.5 Å². The maximum atomic E-state index is 13.4. The molecule has 0 bridgehead atoms. The van der Waals surface area contributed by atoms with E-state index in [0.29, 0.717) is 0 Å². The van der Waals surface area contributed by atoms with E-state index in [9.17, 15) is 28.1 Å². The number of hydrogen-bond donors (Lipinski definition) is 0. The van der Waals surface area contributed by atoms with Crippen molar-refractivity contribution in [3.63, 3.8) is 0 Å². The van der Waals surface area contributed by atoms with Crippen molar-refractivity contribution in [2.24, 2.45) is 0 Å². The van der Waals surface area contributed by atoms with Crippen molar-refractivity contribution < 1.29 is 22.9 Å². The quantitative estimate of drug-likeness (QED) is 0.226. The molecule has 0 spiro atoms. The standard InChI is InChI=1S/C23H17Cl2NO6S/c1-14-2-9-18(10-3-14)33(31,32)22(23(28)19-11-6-16(24)12-20(19)25)13-21(27)15-4-7-17(8-5-15)26(29)30/h2-12,22H,13H2,1H3/t22-/m0/s1. The van der Waals surface area contributed by atoms with Crippen LogP contribution in [0.1, 0.15) is 32.7 Å². The van der Waals surface area contributed by atoms with E-state index in [1.807, 2.05) is 0 Å². The lowest BCUT2D eigenvalue weighted by atomic mass is 10.0. The summed E-state index contributed by atoms with van der Waals surface area (Å²) in [6.45, 7) is 1.78. The number of rotatable bonds is 8. The van der Waals surface area contributed by atoms with Gasteiger partial charge in [-0.15, -0.1) is 0 Å². The Morgan fingerprint density at radius 1 is 0.970 bits per heavy atom. The van der Waals surface area contributed by atoms with Gasteiger partial charge in [0, 0.05) is 34.7 Å². The Labute approximate surface area is 200 Å². The van der Waals surface area contributed by atoms with E-state index < -0.39 is 38.0 Å². The Hall–Kier alpha value is -3.07. The third kappa shape index (κ3) is 5.47. The maximum absolute atomic E-state index is 13.4. The zero-order chi connectivity index (χ0) is 24.3. The van der Waals surface area contributed by atoms with Crippen LogP contribution in [-0.2, 0) is 9.84 Å². The molecule has 0 aliphatic rings. The van der Waals surface area contributed by atoms with Crippen molar-refractivity contribution in [3.8, 4) is 0 Å². The summed E-state index contributed by atoms with van der Waals surface area (Å²) in [5.41, 5.74) is 0.553. The van der Waals surface area contributed by atoms with E-state index in [-0.39, 0.29) is 31.8 Å². The minimum Gasteiger partial charge on any atom is -0.294 e. The van der Waals surface area contributed by atoms with Crippen molar-refractivity contribution in [3.05, 3.63) is 104 Å². The molecule has 170 valence electrons. The van der Waals surface area contributed by atoms with Gasteiger partial charge in [0.15, 0.2) is 21.4 Å². The summed E-state index contributed by atoms with van der Waals surface area (Å²) in [7, 11) is -4.29. The molecule has 0 aliphatic heterocycles. The predicted molar refractivity (Wildman–Crippen MR) is 125 cm³/mol.